The highest BCUT2D eigenvalue weighted by molar-refractivity contribution is 7.95. The van der Waals surface area contributed by atoms with Gasteiger partial charge in [0.1, 0.15) is 34.4 Å². The maximum absolute atomic E-state index is 12.7. The Morgan fingerprint density at radius 2 is 1.20 bits per heavy atom. The van der Waals surface area contributed by atoms with Crippen LogP contribution in [-0.2, 0) is 66.3 Å². The number of sulfonamides is 3. The Labute approximate surface area is 568 Å². The van der Waals surface area contributed by atoms with E-state index in [-0.39, 0.29) is 35.0 Å². The van der Waals surface area contributed by atoms with E-state index in [2.05, 4.69) is 58.5 Å². The van der Waals surface area contributed by atoms with Gasteiger partial charge in [0.05, 0.1) is 91.0 Å². The highest BCUT2D eigenvalue weighted by Gasteiger charge is 2.33. The van der Waals surface area contributed by atoms with Gasteiger partial charge < -0.3 is 48.2 Å². The first kappa shape index (κ1) is 86.5. The number of rotatable bonds is 24. The second-order valence-electron chi connectivity index (χ2n) is 18.3. The normalized spacial score (nSPS) is 11.9. The number of ether oxygens (including phenoxy) is 5. The number of sulfone groups is 1. The van der Waals surface area contributed by atoms with Crippen molar-refractivity contribution in [2.75, 3.05) is 68.5 Å². The van der Waals surface area contributed by atoms with Crippen LogP contribution in [0, 0.1) is 10.1 Å². The Morgan fingerprint density at radius 1 is 0.710 bits per heavy atom. The third-order valence-corrected chi connectivity index (χ3v) is 16.0. The number of nitrogens with zero attached hydrogens (tertiary/aromatic N) is 6. The van der Waals surface area contributed by atoms with Gasteiger partial charge in [0.15, 0.2) is 14.9 Å². The van der Waals surface area contributed by atoms with Crippen LogP contribution in [0.1, 0.15) is 33.2 Å². The number of aromatic carboxylic acids is 1. The van der Waals surface area contributed by atoms with Gasteiger partial charge in [0, 0.05) is 18.3 Å². The minimum Gasteiger partial charge on any atom is -0.778 e. The molecule has 6 aromatic rings. The number of nitro groups is 1. The summed E-state index contributed by atoms with van der Waals surface area (Å²) in [6.07, 6.45) is 3.03. The molecule has 3 aromatic heterocycles. The van der Waals surface area contributed by atoms with Gasteiger partial charge in [-0.05, 0) is 59.4 Å². The topological polar surface area (TPSA) is 549 Å². The average molecular weight is 1570 g/mol. The number of pyridine rings is 1. The molecule has 0 saturated carbocycles. The Balaban J connectivity index is 0.000000464. The van der Waals surface area contributed by atoms with Crippen LogP contribution >= 0.6 is 19.2 Å². The lowest BCUT2D eigenvalue weighted by molar-refractivity contribution is -0.385. The van der Waals surface area contributed by atoms with E-state index in [1.807, 2.05) is 5.32 Å². The van der Waals surface area contributed by atoms with Gasteiger partial charge in [0.2, 0.25) is 45.4 Å². The number of nitro benzene ring substituents is 1. The number of benzene rings is 3. The average Bonchev–Trinajstić information content (AvgIpc) is 0.710. The fourth-order valence-corrected chi connectivity index (χ4v) is 10.9. The smallest absolute Gasteiger partial charge is 0.416 e. The van der Waals surface area contributed by atoms with Crippen molar-refractivity contribution in [2.45, 2.75) is 41.1 Å². The SMILES string of the molecule is CCS(=O)(=O)c1cccnc1S(=O)(=O)NC(=O)Nc1nc(OC)cc(OC)n1.CS(=O)(=O)NC(=O)c1cc(Oc2ccc(C(F)(F)F)cc2Cl)ccc1[N+](=O)[O-].C[S+](C)C.O=C(Nc1nc(OC(F)F)cc(OC(F)F)n1)NS(=O)(=O)c1ccccc1C(=O)O.O=C(O)CNCP(=O)([O-])O. The molecule has 550 valence electrons. The van der Waals surface area contributed by atoms with Crippen molar-refractivity contribution < 1.29 is 142 Å². The summed E-state index contributed by atoms with van der Waals surface area (Å²) in [4.78, 5) is 102. The Morgan fingerprint density at radius 3 is 1.64 bits per heavy atom. The Hall–Kier alpha value is -9.62. The Bertz CT molecular complexity index is 4390. The van der Waals surface area contributed by atoms with Gasteiger partial charge in [-0.15, -0.1) is 0 Å². The fraction of sp³-hybridized carbons (Fsp3) is 0.265. The van der Waals surface area contributed by atoms with Crippen LogP contribution in [0.3, 0.4) is 0 Å². The number of methoxy groups -OCH3 is 2. The molecule has 0 aliphatic carbocycles. The maximum atomic E-state index is 12.7. The van der Waals surface area contributed by atoms with E-state index < -0.39 is 174 Å². The molecular weight excluding hydrogens is 1520 g/mol. The predicted octanol–water partition coefficient (Wildman–Crippen LogP) is 4.49. The van der Waals surface area contributed by atoms with E-state index in [1.165, 1.54) is 50.1 Å². The van der Waals surface area contributed by atoms with Gasteiger partial charge in [-0.1, -0.05) is 30.7 Å². The van der Waals surface area contributed by atoms with Gasteiger partial charge in [-0.3, -0.25) is 35.7 Å². The van der Waals surface area contributed by atoms with Crippen molar-refractivity contribution in [1.29, 1.82) is 0 Å². The number of urea groups is 2. The first-order chi connectivity index (χ1) is 46.0. The van der Waals surface area contributed by atoms with Crippen molar-refractivity contribution in [1.82, 2.24) is 44.4 Å². The number of alkyl halides is 7. The summed E-state index contributed by atoms with van der Waals surface area (Å²) >= 11 is 5.76. The van der Waals surface area contributed by atoms with Crippen LogP contribution in [-0.4, -0.2) is 180 Å². The molecule has 0 saturated heterocycles. The number of amides is 5. The van der Waals surface area contributed by atoms with Crippen LogP contribution in [0.2, 0.25) is 5.02 Å². The summed E-state index contributed by atoms with van der Waals surface area (Å²) in [6, 6.07) is 10.8. The monoisotopic (exact) mass is 1570 g/mol. The van der Waals surface area contributed by atoms with Crippen molar-refractivity contribution in [2.24, 2.45) is 0 Å². The third-order valence-electron chi connectivity index (χ3n) is 9.98. The molecule has 0 spiro atoms. The first-order valence-electron chi connectivity index (χ1n) is 25.8. The lowest BCUT2D eigenvalue weighted by Crippen LogP contribution is -2.36. The minimum atomic E-state index is -4.71. The summed E-state index contributed by atoms with van der Waals surface area (Å²) in [5.74, 6) is -7.83. The molecule has 0 aliphatic rings. The molecular formula is C49H53ClF7N12O25PS5. The van der Waals surface area contributed by atoms with Gasteiger partial charge >= 0.3 is 43.4 Å². The van der Waals surface area contributed by atoms with Gasteiger partial charge in [-0.2, -0.15) is 59.1 Å². The van der Waals surface area contributed by atoms with Crippen molar-refractivity contribution in [3.05, 3.63) is 123 Å². The summed E-state index contributed by atoms with van der Waals surface area (Å²) in [7, 11) is -18.3. The van der Waals surface area contributed by atoms with E-state index in [0.717, 1.165) is 48.7 Å². The van der Waals surface area contributed by atoms with Crippen molar-refractivity contribution in [3.8, 4) is 35.0 Å². The van der Waals surface area contributed by atoms with Gasteiger partial charge in [0.25, 0.3) is 31.6 Å². The van der Waals surface area contributed by atoms with E-state index in [0.29, 0.717) is 35.3 Å². The molecule has 3 aromatic carbocycles. The molecule has 5 amide bonds. The summed E-state index contributed by atoms with van der Waals surface area (Å²) in [5, 5.41) is 32.7. The second-order valence-corrected chi connectivity index (χ2v) is 29.9. The molecule has 51 heteroatoms. The molecule has 0 radical (unpaired) electrons. The minimum absolute atomic E-state index is 0.0612. The largest absolute Gasteiger partial charge is 0.778 e. The molecule has 3 heterocycles. The highest BCUT2D eigenvalue weighted by atomic mass is 35.5. The number of carboxylic acid groups (broad SMARTS) is 2. The van der Waals surface area contributed by atoms with Crippen LogP contribution < -0.4 is 58.7 Å². The van der Waals surface area contributed by atoms with Gasteiger partial charge in [-0.25, -0.2) is 58.8 Å². The van der Waals surface area contributed by atoms with Crippen molar-refractivity contribution in [3.63, 3.8) is 0 Å². The lowest BCUT2D eigenvalue weighted by atomic mass is 10.1. The predicted molar refractivity (Wildman–Crippen MR) is 332 cm³/mol. The van der Waals surface area contributed by atoms with Crippen LogP contribution in [0.25, 0.3) is 0 Å². The number of hydrogen-bond donors (Lipinski definition) is 9. The van der Waals surface area contributed by atoms with Crippen LogP contribution in [0.4, 0.5) is 57.9 Å². The van der Waals surface area contributed by atoms with Crippen LogP contribution in [0.5, 0.6) is 35.0 Å². The van der Waals surface area contributed by atoms with E-state index in [4.69, 9.17) is 40.9 Å². The quantitative estimate of drug-likeness (QED) is 0.0132. The molecule has 1 atom stereocenters. The number of carbonyl (C=O) groups is 5. The zero-order chi connectivity index (χ0) is 76.5. The molecule has 0 fully saturated rings. The van der Waals surface area contributed by atoms with Crippen molar-refractivity contribution >= 4 is 117 Å². The highest BCUT2D eigenvalue weighted by Crippen LogP contribution is 2.37. The first-order valence-corrected chi connectivity index (χ1v) is 36.9. The third kappa shape index (κ3) is 31.1. The van der Waals surface area contributed by atoms with Crippen LogP contribution in [0.15, 0.2) is 106 Å². The van der Waals surface area contributed by atoms with E-state index >= 15 is 0 Å². The molecule has 1 unspecified atom stereocenters. The maximum Gasteiger partial charge on any atom is 0.416 e. The number of aromatic nitrogens is 5. The Kier molecular flexibility index (Phi) is 32.9. The number of nitrogens with one attached hydrogen (secondary N) is 6. The standard InChI is InChI=1S/C15H10ClF3N2O6S.C14H10F4N4O7S.C14H17N5O7S2.C3H8NO5P.C3H9S/c1-28(25,26)20-14(22)10-7-9(3-4-12(10)21(23)24)27-13-5-2-8(6-11(13)16)15(17,18)19;15-11(16)28-8-5-9(29-12(17)18)20-13(19-8)21-14(25)22-30(26,27)7-4-2-1-3-6(7)10(23)24;1-4-27(21,22)9-6-5-7-15-12(9)28(23,24)19-14(20)18-13-16-10(25-2)8-11(17-13)26-3;5-3(6)1-4-2-10(7,8)9;1-4(2)3/h2-7H,1H3,(H,20,22);1-5,11-12H,(H,23,24)(H2,19,20,21,22,25);5-8H,4H2,1-3H3,(H2,16,17,18,19,20);4H,1-2H2,(H,5,6)(H2,7,8,9);1-3H3/q;;;;+1/p-1. The molecule has 37 nitrogen and oxygen atoms in total. The van der Waals surface area contributed by atoms with E-state index in [1.54, 1.807) is 14.8 Å². The molecule has 0 aliphatic heterocycles. The molecule has 100 heavy (non-hydrogen) atoms. The zero-order valence-corrected chi connectivity index (χ0v) is 57.2. The summed E-state index contributed by atoms with van der Waals surface area (Å²) in [5.41, 5.74) is -2.99. The molecule has 6 rings (SSSR count). The number of anilines is 2. The summed E-state index contributed by atoms with van der Waals surface area (Å²) < 4.78 is 221. The number of aliphatic carboxylic acids is 1. The second kappa shape index (κ2) is 38.1. The summed E-state index contributed by atoms with van der Waals surface area (Å²) in [6.45, 7) is -5.94. The molecule has 0 bridgehead atoms. The number of halogens is 8. The van der Waals surface area contributed by atoms with E-state index in [9.17, 15) is 108 Å². The lowest BCUT2D eigenvalue weighted by Gasteiger charge is -2.14. The number of hydrogen-bond acceptors (Lipinski definition) is 28. The fourth-order valence-electron chi connectivity index (χ4n) is 6.22. The molecule has 9 N–H and O–H groups in total. The number of carboxylic acids is 2. The number of carbonyl (C=O) groups excluding carboxylic acids is 3. The zero-order valence-electron chi connectivity index (χ0n) is 51.5.